The molecule has 1 aliphatic carbocycles. The number of morpholine rings is 1. The summed E-state index contributed by atoms with van der Waals surface area (Å²) in [6, 6.07) is 16.9. The van der Waals surface area contributed by atoms with Crippen LogP contribution in [0.25, 0.3) is 0 Å². The van der Waals surface area contributed by atoms with E-state index < -0.39 is 0 Å². The van der Waals surface area contributed by atoms with Crippen molar-refractivity contribution >= 4 is 5.69 Å². The van der Waals surface area contributed by atoms with Crippen molar-refractivity contribution in [3.8, 4) is 11.5 Å². The number of benzene rings is 2. The lowest BCUT2D eigenvalue weighted by atomic mass is 10.1. The van der Waals surface area contributed by atoms with Gasteiger partial charge in [0.15, 0.2) is 11.5 Å². The molecule has 0 radical (unpaired) electrons. The van der Waals surface area contributed by atoms with Gasteiger partial charge >= 0.3 is 0 Å². The number of methoxy groups -OCH3 is 1. The first-order valence-corrected chi connectivity index (χ1v) is 10.1. The molecule has 2 aromatic rings. The Morgan fingerprint density at radius 2 is 1.85 bits per heavy atom. The first-order chi connectivity index (χ1) is 13.3. The van der Waals surface area contributed by atoms with Crippen LogP contribution in [-0.2, 0) is 11.2 Å². The average Bonchev–Trinajstić information content (AvgIpc) is 3.22. The highest BCUT2D eigenvalue weighted by atomic mass is 16.5. The molecule has 0 aromatic heterocycles. The van der Waals surface area contributed by atoms with Crippen LogP contribution in [0.1, 0.15) is 31.2 Å². The maximum Gasteiger partial charge on any atom is 0.163 e. The SMILES string of the molecule is COc1ccc(N2CCO[C@@H](Cc3ccccc3)C2)cc1OC1CCCC1. The van der Waals surface area contributed by atoms with Crippen LogP contribution in [0, 0.1) is 0 Å². The maximum atomic E-state index is 6.27. The van der Waals surface area contributed by atoms with Crippen LogP contribution in [0.2, 0.25) is 0 Å². The third kappa shape index (κ3) is 4.56. The summed E-state index contributed by atoms with van der Waals surface area (Å²) in [6.45, 7) is 2.55. The van der Waals surface area contributed by atoms with Crippen LogP contribution in [0.4, 0.5) is 5.69 Å². The number of hydrogen-bond acceptors (Lipinski definition) is 4. The van der Waals surface area contributed by atoms with Gasteiger partial charge in [0, 0.05) is 31.3 Å². The second-order valence-corrected chi connectivity index (χ2v) is 7.49. The smallest absolute Gasteiger partial charge is 0.163 e. The van der Waals surface area contributed by atoms with Gasteiger partial charge in [-0.3, -0.25) is 0 Å². The van der Waals surface area contributed by atoms with Gasteiger partial charge in [-0.25, -0.2) is 0 Å². The molecule has 1 atom stereocenters. The van der Waals surface area contributed by atoms with Gasteiger partial charge in [0.1, 0.15) is 0 Å². The van der Waals surface area contributed by atoms with Crippen LogP contribution in [0.15, 0.2) is 48.5 Å². The normalized spacial score (nSPS) is 20.6. The number of hydrogen-bond donors (Lipinski definition) is 0. The highest BCUT2D eigenvalue weighted by Crippen LogP contribution is 2.35. The molecule has 1 saturated heterocycles. The molecule has 144 valence electrons. The molecule has 1 heterocycles. The molecule has 0 bridgehead atoms. The summed E-state index contributed by atoms with van der Waals surface area (Å²) in [4.78, 5) is 2.40. The molecule has 1 aliphatic heterocycles. The van der Waals surface area contributed by atoms with Gasteiger partial charge in [0.2, 0.25) is 0 Å². The number of anilines is 1. The first kappa shape index (κ1) is 18.2. The predicted molar refractivity (Wildman–Crippen MR) is 108 cm³/mol. The van der Waals surface area contributed by atoms with Gasteiger partial charge in [0.25, 0.3) is 0 Å². The van der Waals surface area contributed by atoms with Crippen molar-refractivity contribution in [1.82, 2.24) is 0 Å². The molecule has 0 unspecified atom stereocenters. The highest BCUT2D eigenvalue weighted by Gasteiger charge is 2.23. The van der Waals surface area contributed by atoms with Crippen LogP contribution < -0.4 is 14.4 Å². The van der Waals surface area contributed by atoms with Gasteiger partial charge in [0.05, 0.1) is 25.9 Å². The average molecular weight is 367 g/mol. The Morgan fingerprint density at radius 1 is 1.04 bits per heavy atom. The molecular formula is C23H29NO3. The van der Waals surface area contributed by atoms with Gasteiger partial charge in [-0.1, -0.05) is 30.3 Å². The van der Waals surface area contributed by atoms with E-state index in [9.17, 15) is 0 Å². The first-order valence-electron chi connectivity index (χ1n) is 10.1. The fourth-order valence-corrected chi connectivity index (χ4v) is 4.09. The molecule has 0 spiro atoms. The zero-order chi connectivity index (χ0) is 18.5. The van der Waals surface area contributed by atoms with Gasteiger partial charge < -0.3 is 19.1 Å². The maximum absolute atomic E-state index is 6.27. The Labute approximate surface area is 162 Å². The van der Waals surface area contributed by atoms with Crippen molar-refractivity contribution in [3.05, 3.63) is 54.1 Å². The number of rotatable bonds is 6. The summed E-state index contributed by atoms with van der Waals surface area (Å²) in [5, 5.41) is 0. The van der Waals surface area contributed by atoms with Crippen molar-refractivity contribution in [3.63, 3.8) is 0 Å². The van der Waals surface area contributed by atoms with Crippen LogP contribution in [0.3, 0.4) is 0 Å². The molecule has 2 aliphatic rings. The standard InChI is InChI=1S/C23H29NO3/c1-25-22-12-11-19(16-23(22)27-20-9-5-6-10-20)24-13-14-26-21(17-24)15-18-7-3-2-4-8-18/h2-4,7-8,11-12,16,20-21H,5-6,9-10,13-15,17H2,1H3/t21-/m0/s1. The summed E-state index contributed by atoms with van der Waals surface area (Å²) in [6.07, 6.45) is 6.29. The van der Waals surface area contributed by atoms with Crippen LogP contribution >= 0.6 is 0 Å². The molecule has 0 amide bonds. The Hall–Kier alpha value is -2.20. The molecule has 2 fully saturated rings. The second-order valence-electron chi connectivity index (χ2n) is 7.49. The Morgan fingerprint density at radius 3 is 2.63 bits per heavy atom. The summed E-state index contributed by atoms with van der Waals surface area (Å²) in [7, 11) is 1.71. The molecular weight excluding hydrogens is 338 g/mol. The van der Waals surface area contributed by atoms with E-state index in [4.69, 9.17) is 14.2 Å². The predicted octanol–water partition coefficient (Wildman–Crippen LogP) is 4.46. The fourth-order valence-electron chi connectivity index (χ4n) is 4.09. The molecule has 4 heteroatoms. The van der Waals surface area contributed by atoms with Gasteiger partial charge in [-0.05, 0) is 43.4 Å². The minimum atomic E-state index is 0.211. The summed E-state index contributed by atoms with van der Waals surface area (Å²) in [5.41, 5.74) is 2.51. The molecule has 27 heavy (non-hydrogen) atoms. The Bertz CT molecular complexity index is 728. The third-order valence-corrected chi connectivity index (χ3v) is 5.55. The van der Waals surface area contributed by atoms with E-state index in [2.05, 4.69) is 47.4 Å². The highest BCUT2D eigenvalue weighted by molar-refractivity contribution is 5.57. The lowest BCUT2D eigenvalue weighted by Gasteiger charge is -2.35. The zero-order valence-electron chi connectivity index (χ0n) is 16.1. The second kappa shape index (κ2) is 8.66. The quantitative estimate of drug-likeness (QED) is 0.754. The Kier molecular flexibility index (Phi) is 5.83. The zero-order valence-corrected chi connectivity index (χ0v) is 16.1. The van der Waals surface area contributed by atoms with E-state index in [1.807, 2.05) is 6.07 Å². The van der Waals surface area contributed by atoms with Crippen molar-refractivity contribution in [1.29, 1.82) is 0 Å². The van der Waals surface area contributed by atoms with E-state index in [1.165, 1.54) is 24.1 Å². The van der Waals surface area contributed by atoms with Crippen molar-refractivity contribution in [2.24, 2.45) is 0 Å². The van der Waals surface area contributed by atoms with Crippen LogP contribution in [-0.4, -0.2) is 39.0 Å². The van der Waals surface area contributed by atoms with E-state index >= 15 is 0 Å². The van der Waals surface area contributed by atoms with Gasteiger partial charge in [-0.2, -0.15) is 0 Å². The minimum Gasteiger partial charge on any atom is -0.493 e. The van der Waals surface area contributed by atoms with Gasteiger partial charge in [-0.15, -0.1) is 0 Å². The van der Waals surface area contributed by atoms with Crippen molar-refractivity contribution in [2.45, 2.75) is 44.3 Å². The fraction of sp³-hybridized carbons (Fsp3) is 0.478. The lowest BCUT2D eigenvalue weighted by molar-refractivity contribution is 0.0410. The summed E-state index contributed by atoms with van der Waals surface area (Å²) < 4.78 is 17.8. The third-order valence-electron chi connectivity index (χ3n) is 5.55. The summed E-state index contributed by atoms with van der Waals surface area (Å²) in [5.74, 6) is 1.69. The van der Waals surface area contributed by atoms with E-state index in [-0.39, 0.29) is 6.10 Å². The topological polar surface area (TPSA) is 30.9 Å². The Balaban J connectivity index is 1.46. The molecule has 1 saturated carbocycles. The van der Waals surface area contributed by atoms with E-state index in [0.29, 0.717) is 6.10 Å². The molecule has 2 aromatic carbocycles. The molecule has 4 rings (SSSR count). The van der Waals surface area contributed by atoms with E-state index in [0.717, 1.165) is 50.5 Å². The number of ether oxygens (including phenoxy) is 3. The monoisotopic (exact) mass is 367 g/mol. The van der Waals surface area contributed by atoms with Crippen LogP contribution in [0.5, 0.6) is 11.5 Å². The molecule has 0 N–H and O–H groups in total. The largest absolute Gasteiger partial charge is 0.493 e. The molecule has 4 nitrogen and oxygen atoms in total. The minimum absolute atomic E-state index is 0.211. The van der Waals surface area contributed by atoms with Crippen molar-refractivity contribution < 1.29 is 14.2 Å². The van der Waals surface area contributed by atoms with E-state index in [1.54, 1.807) is 7.11 Å². The lowest BCUT2D eigenvalue weighted by Crippen LogP contribution is -2.43. The summed E-state index contributed by atoms with van der Waals surface area (Å²) >= 11 is 0. The van der Waals surface area contributed by atoms with Crippen molar-refractivity contribution in [2.75, 3.05) is 31.7 Å². The number of nitrogens with zero attached hydrogens (tertiary/aromatic N) is 1.